The van der Waals surface area contributed by atoms with Crippen LogP contribution in [0, 0.1) is 5.41 Å². The summed E-state index contributed by atoms with van der Waals surface area (Å²) >= 11 is 0. The summed E-state index contributed by atoms with van der Waals surface area (Å²) in [4.78, 5) is 15.3. The highest BCUT2D eigenvalue weighted by Gasteiger charge is 2.68. The van der Waals surface area contributed by atoms with E-state index in [4.69, 9.17) is 9.47 Å². The van der Waals surface area contributed by atoms with Crippen LogP contribution in [0.3, 0.4) is 0 Å². The smallest absolute Gasteiger partial charge is 0.196 e. The van der Waals surface area contributed by atoms with Crippen molar-refractivity contribution in [2.45, 2.75) is 50.0 Å². The van der Waals surface area contributed by atoms with E-state index in [9.17, 15) is 9.90 Å². The van der Waals surface area contributed by atoms with Crippen molar-refractivity contribution in [2.75, 3.05) is 13.6 Å². The Bertz CT molecular complexity index is 1100. The Balaban J connectivity index is 1.57. The number of hydrogen-bond donors (Lipinski definition) is 1. The molecule has 0 bridgehead atoms. The molecule has 2 aliphatic carbocycles. The fraction of sp³-hybridized carbons (Fsp3) is 0.423. The molecular weight excluding hydrogens is 390 g/mol. The third-order valence-corrected chi connectivity index (χ3v) is 7.99. The van der Waals surface area contributed by atoms with Crippen molar-refractivity contribution < 1.29 is 19.4 Å². The third kappa shape index (κ3) is 2.42. The first kappa shape index (κ1) is 19.1. The van der Waals surface area contributed by atoms with Gasteiger partial charge in [-0.25, -0.2) is 0 Å². The number of likely N-dealkylation sites (N-methyl/N-ethyl adjacent to an activating group) is 1. The summed E-state index contributed by atoms with van der Waals surface area (Å²) < 4.78 is 13.0. The van der Waals surface area contributed by atoms with Crippen molar-refractivity contribution >= 4 is 5.78 Å². The summed E-state index contributed by atoms with van der Waals surface area (Å²) in [5, 5.41) is 10.6. The van der Waals surface area contributed by atoms with Crippen molar-refractivity contribution in [1.29, 1.82) is 0 Å². The first-order valence-corrected chi connectivity index (χ1v) is 11.1. The van der Waals surface area contributed by atoms with Crippen LogP contribution in [0.5, 0.6) is 11.5 Å². The quantitative estimate of drug-likeness (QED) is 0.824. The zero-order valence-corrected chi connectivity index (χ0v) is 17.9. The van der Waals surface area contributed by atoms with Crippen LogP contribution in [-0.4, -0.2) is 47.1 Å². The summed E-state index contributed by atoms with van der Waals surface area (Å²) in [5.74, 6) is 0.238. The van der Waals surface area contributed by atoms with E-state index in [-0.39, 0.29) is 28.9 Å². The normalized spacial score (nSPS) is 35.0. The molecule has 0 radical (unpaired) electrons. The lowest BCUT2D eigenvalue weighted by Crippen LogP contribution is -2.74. The maximum atomic E-state index is 12.9. The third-order valence-electron chi connectivity index (χ3n) is 7.99. The average molecular weight is 418 g/mol. The summed E-state index contributed by atoms with van der Waals surface area (Å²) in [7, 11) is 2.15. The minimum Gasteiger partial charge on any atom is -0.504 e. The molecule has 5 heteroatoms. The molecule has 2 heterocycles. The number of phenols is 1. The molecule has 0 amide bonds. The number of fused-ring (bicyclic) bond motifs is 2. The van der Waals surface area contributed by atoms with Gasteiger partial charge in [0.1, 0.15) is 5.60 Å². The Kier molecular flexibility index (Phi) is 3.96. The second-order valence-electron chi connectivity index (χ2n) is 9.58. The topological polar surface area (TPSA) is 59.0 Å². The fourth-order valence-electron chi connectivity index (χ4n) is 6.76. The lowest BCUT2D eigenvalue weighted by atomic mass is 9.58. The Hall–Kier alpha value is -2.63. The van der Waals surface area contributed by atoms with E-state index in [0.29, 0.717) is 12.4 Å². The lowest BCUT2D eigenvalue weighted by molar-refractivity contribution is -0.193. The van der Waals surface area contributed by atoms with Crippen molar-refractivity contribution in [1.82, 2.24) is 4.90 Å². The molecule has 0 aromatic heterocycles. The molecular formula is C26H27NO4. The largest absolute Gasteiger partial charge is 0.504 e. The predicted molar refractivity (Wildman–Crippen MR) is 116 cm³/mol. The molecule has 1 fully saturated rings. The zero-order valence-electron chi connectivity index (χ0n) is 17.9. The Morgan fingerprint density at radius 1 is 1.23 bits per heavy atom. The first-order valence-electron chi connectivity index (χ1n) is 11.1. The standard InChI is InChI=1S/C26H27NO4/c1-3-25-13-17-9-10-18(28)22-20(17)21-23(31-22)19(29)11-12-26(21,24(25)27(2)15-25)30-14-16-7-5-4-6-8-16/h4-12,21,23-24,28H,3,13-15H2,1-2H3/t21?,23-,24?,25+,26-/m0/s1. The maximum Gasteiger partial charge on any atom is 0.196 e. The minimum absolute atomic E-state index is 0.0514. The number of rotatable bonds is 4. The van der Waals surface area contributed by atoms with Gasteiger partial charge in [-0.2, -0.15) is 0 Å². The van der Waals surface area contributed by atoms with E-state index in [0.717, 1.165) is 30.5 Å². The molecule has 2 aromatic carbocycles. The van der Waals surface area contributed by atoms with E-state index >= 15 is 0 Å². The van der Waals surface area contributed by atoms with Gasteiger partial charge >= 0.3 is 0 Å². The van der Waals surface area contributed by atoms with Crippen LogP contribution < -0.4 is 4.74 Å². The van der Waals surface area contributed by atoms with Crippen LogP contribution in [0.15, 0.2) is 54.6 Å². The SMILES string of the molecule is CC[C@]12Cc3ccc(O)c4c3C3[C@@H](O4)C(=O)C=C[C@@]3(OCc3ccccc3)C1N(C)C2. The van der Waals surface area contributed by atoms with Gasteiger partial charge in [0.25, 0.3) is 0 Å². The van der Waals surface area contributed by atoms with E-state index < -0.39 is 11.7 Å². The molecule has 160 valence electrons. The molecule has 5 nitrogen and oxygen atoms in total. The van der Waals surface area contributed by atoms with Gasteiger partial charge in [-0.15, -0.1) is 0 Å². The fourth-order valence-corrected chi connectivity index (χ4v) is 6.76. The van der Waals surface area contributed by atoms with Gasteiger partial charge in [-0.05, 0) is 49.2 Å². The molecule has 2 aliphatic heterocycles. The van der Waals surface area contributed by atoms with Crippen molar-refractivity contribution in [3.8, 4) is 11.5 Å². The number of ether oxygens (including phenoxy) is 2. The highest BCUT2D eigenvalue weighted by Crippen LogP contribution is 2.63. The molecule has 1 N–H and O–H groups in total. The Labute approximate surface area is 182 Å². The summed E-state index contributed by atoms with van der Waals surface area (Å²) in [6, 6.07) is 14.0. The van der Waals surface area contributed by atoms with Gasteiger partial charge in [0.15, 0.2) is 23.4 Å². The van der Waals surface area contributed by atoms with E-state index in [1.165, 1.54) is 5.56 Å². The number of ketones is 1. The van der Waals surface area contributed by atoms with E-state index in [1.807, 2.05) is 30.3 Å². The molecule has 4 aliphatic rings. The second-order valence-corrected chi connectivity index (χ2v) is 9.58. The molecule has 0 saturated carbocycles. The molecule has 5 atom stereocenters. The highest BCUT2D eigenvalue weighted by atomic mass is 16.5. The minimum atomic E-state index is -0.707. The summed E-state index contributed by atoms with van der Waals surface area (Å²) in [6.45, 7) is 3.69. The number of nitrogens with zero attached hydrogens (tertiary/aromatic N) is 1. The highest BCUT2D eigenvalue weighted by molar-refractivity contribution is 5.97. The van der Waals surface area contributed by atoms with Crippen molar-refractivity contribution in [2.24, 2.45) is 5.41 Å². The number of likely N-dealkylation sites (tertiary alicyclic amines) is 1. The first-order chi connectivity index (χ1) is 15.0. The van der Waals surface area contributed by atoms with Crippen LogP contribution in [0.2, 0.25) is 0 Å². The lowest BCUT2D eigenvalue weighted by Gasteiger charge is -2.63. The number of aromatic hydroxyl groups is 1. The summed E-state index contributed by atoms with van der Waals surface area (Å²) in [6.07, 6.45) is 4.90. The maximum absolute atomic E-state index is 12.9. The van der Waals surface area contributed by atoms with Crippen LogP contribution in [-0.2, 0) is 22.6 Å². The molecule has 0 spiro atoms. The van der Waals surface area contributed by atoms with Gasteiger partial charge in [-0.1, -0.05) is 43.3 Å². The van der Waals surface area contributed by atoms with Gasteiger partial charge < -0.3 is 14.6 Å². The summed E-state index contributed by atoms with van der Waals surface area (Å²) in [5.41, 5.74) is 2.58. The molecule has 6 rings (SSSR count). The zero-order chi connectivity index (χ0) is 21.4. The number of carbonyl (C=O) groups excluding carboxylic acids is 1. The predicted octanol–water partition coefficient (Wildman–Crippen LogP) is 3.60. The van der Waals surface area contributed by atoms with Crippen molar-refractivity contribution in [3.63, 3.8) is 0 Å². The van der Waals surface area contributed by atoms with Crippen LogP contribution in [0.25, 0.3) is 0 Å². The number of carbonyl (C=O) groups is 1. The van der Waals surface area contributed by atoms with E-state index in [2.05, 4.69) is 31.0 Å². The van der Waals surface area contributed by atoms with Gasteiger partial charge in [-0.3, -0.25) is 9.69 Å². The Morgan fingerprint density at radius 2 is 2.03 bits per heavy atom. The monoisotopic (exact) mass is 417 g/mol. The van der Waals surface area contributed by atoms with Crippen molar-refractivity contribution in [3.05, 3.63) is 71.3 Å². The molecule has 2 aromatic rings. The molecule has 1 saturated heterocycles. The average Bonchev–Trinajstić information content (AvgIpc) is 3.16. The van der Waals surface area contributed by atoms with Gasteiger partial charge in [0.05, 0.1) is 12.5 Å². The Morgan fingerprint density at radius 3 is 2.77 bits per heavy atom. The van der Waals surface area contributed by atoms with Gasteiger partial charge in [0, 0.05) is 23.6 Å². The number of hydrogen-bond acceptors (Lipinski definition) is 5. The second kappa shape index (κ2) is 6.44. The number of benzene rings is 2. The van der Waals surface area contributed by atoms with Crippen LogP contribution in [0.4, 0.5) is 0 Å². The molecule has 2 unspecified atom stereocenters. The van der Waals surface area contributed by atoms with Crippen LogP contribution in [0.1, 0.15) is 36.0 Å². The molecule has 31 heavy (non-hydrogen) atoms. The number of phenolic OH excluding ortho intramolecular Hbond substituents is 1. The van der Waals surface area contributed by atoms with Crippen LogP contribution >= 0.6 is 0 Å². The van der Waals surface area contributed by atoms with Gasteiger partial charge in [0.2, 0.25) is 0 Å². The van der Waals surface area contributed by atoms with E-state index in [1.54, 1.807) is 12.1 Å².